The van der Waals surface area contributed by atoms with Gasteiger partial charge in [-0.3, -0.25) is 0 Å². The molecule has 1 aromatic carbocycles. The third-order valence-corrected chi connectivity index (χ3v) is 6.41. The second kappa shape index (κ2) is 5.53. The van der Waals surface area contributed by atoms with Crippen LogP contribution in [0.1, 0.15) is 22.1 Å². The van der Waals surface area contributed by atoms with Gasteiger partial charge in [-0.05, 0) is 50.9 Å². The van der Waals surface area contributed by atoms with E-state index in [4.69, 9.17) is 0 Å². The van der Waals surface area contributed by atoms with Crippen molar-refractivity contribution < 1.29 is 5.11 Å². The zero-order chi connectivity index (χ0) is 12.6. The summed E-state index contributed by atoms with van der Waals surface area (Å²) in [6.45, 7) is 2.02. The van der Waals surface area contributed by atoms with Crippen molar-refractivity contribution in [1.82, 2.24) is 0 Å². The number of rotatable bonds is 2. The van der Waals surface area contributed by atoms with Crippen LogP contribution < -0.4 is 0 Å². The summed E-state index contributed by atoms with van der Waals surface area (Å²) in [5.74, 6) is 0. The van der Waals surface area contributed by atoms with Crippen LogP contribution in [0.15, 0.2) is 37.0 Å². The summed E-state index contributed by atoms with van der Waals surface area (Å²) in [6, 6.07) is 7.91. The van der Waals surface area contributed by atoms with E-state index < -0.39 is 6.10 Å². The van der Waals surface area contributed by atoms with Gasteiger partial charge in [-0.15, -0.1) is 11.3 Å². The van der Waals surface area contributed by atoms with Crippen molar-refractivity contribution in [2.45, 2.75) is 13.0 Å². The first-order valence-corrected chi connectivity index (χ1v) is 8.07. The maximum atomic E-state index is 10.4. The number of hydrogen-bond acceptors (Lipinski definition) is 2. The summed E-state index contributed by atoms with van der Waals surface area (Å²) in [4.78, 5) is 0.912. The molecule has 0 aliphatic rings. The Bertz CT molecular complexity index is 531. The number of benzene rings is 1. The van der Waals surface area contributed by atoms with Gasteiger partial charge in [-0.25, -0.2) is 0 Å². The summed E-state index contributed by atoms with van der Waals surface area (Å²) >= 11 is 11.9. The Morgan fingerprint density at radius 3 is 2.41 bits per heavy atom. The molecule has 1 heterocycles. The fraction of sp³-hybridized carbons (Fsp3) is 0.167. The molecule has 0 aliphatic carbocycles. The minimum atomic E-state index is -0.600. The minimum Gasteiger partial charge on any atom is -0.383 e. The lowest BCUT2D eigenvalue weighted by Gasteiger charge is -2.11. The molecule has 0 bridgehead atoms. The molecule has 1 atom stereocenters. The molecule has 0 radical (unpaired) electrons. The van der Waals surface area contributed by atoms with E-state index in [1.165, 1.54) is 11.3 Å². The molecule has 2 rings (SSSR count). The van der Waals surface area contributed by atoms with Crippen molar-refractivity contribution in [3.8, 4) is 0 Å². The number of aryl methyl sites for hydroxylation is 1. The van der Waals surface area contributed by atoms with Gasteiger partial charge in [-0.1, -0.05) is 33.6 Å². The van der Waals surface area contributed by atoms with Crippen LogP contribution in [0.25, 0.3) is 0 Å². The van der Waals surface area contributed by atoms with E-state index in [0.717, 1.165) is 28.7 Å². The average Bonchev–Trinajstić information content (AvgIpc) is 2.62. The van der Waals surface area contributed by atoms with Crippen molar-refractivity contribution in [3.63, 3.8) is 0 Å². The molecule has 1 N–H and O–H groups in total. The highest BCUT2D eigenvalue weighted by Crippen LogP contribution is 2.39. The van der Waals surface area contributed by atoms with Crippen molar-refractivity contribution in [3.05, 3.63) is 53.0 Å². The summed E-state index contributed by atoms with van der Waals surface area (Å²) in [7, 11) is 0. The normalized spacial score (nSPS) is 12.8. The van der Waals surface area contributed by atoms with Gasteiger partial charge in [0.25, 0.3) is 0 Å². The fourth-order valence-corrected chi connectivity index (χ4v) is 4.08. The lowest BCUT2D eigenvalue weighted by atomic mass is 10.1. The van der Waals surface area contributed by atoms with Gasteiger partial charge in [-0.2, -0.15) is 0 Å². The van der Waals surface area contributed by atoms with Gasteiger partial charge in [0.05, 0.1) is 3.79 Å². The zero-order valence-corrected chi connectivity index (χ0v) is 14.5. The maximum Gasteiger partial charge on any atom is 0.114 e. The van der Waals surface area contributed by atoms with Crippen molar-refractivity contribution >= 4 is 59.1 Å². The van der Waals surface area contributed by atoms with Gasteiger partial charge in [0.2, 0.25) is 0 Å². The van der Waals surface area contributed by atoms with Gasteiger partial charge in [0, 0.05) is 19.4 Å². The molecule has 1 nitrogen and oxygen atoms in total. The van der Waals surface area contributed by atoms with Crippen molar-refractivity contribution in [2.24, 2.45) is 0 Å². The van der Waals surface area contributed by atoms with E-state index in [0.29, 0.717) is 0 Å². The third-order valence-electron chi connectivity index (χ3n) is 2.38. The molecule has 1 unspecified atom stereocenters. The molecule has 90 valence electrons. The topological polar surface area (TPSA) is 20.2 Å². The molecular weight excluding hydrogens is 432 g/mol. The molecule has 0 aliphatic heterocycles. The molecule has 1 aromatic heterocycles. The Morgan fingerprint density at radius 1 is 1.12 bits per heavy atom. The molecule has 0 saturated carbocycles. The van der Waals surface area contributed by atoms with E-state index >= 15 is 0 Å². The second-order valence-electron chi connectivity index (χ2n) is 3.70. The van der Waals surface area contributed by atoms with Gasteiger partial charge in [0.15, 0.2) is 0 Å². The molecule has 0 amide bonds. The molecular formula is C12H9Br3OS. The first kappa shape index (κ1) is 13.7. The largest absolute Gasteiger partial charge is 0.383 e. The highest BCUT2D eigenvalue weighted by Gasteiger charge is 2.17. The Kier molecular flexibility index (Phi) is 4.47. The highest BCUT2D eigenvalue weighted by atomic mass is 79.9. The minimum absolute atomic E-state index is 0.600. The van der Waals surface area contributed by atoms with Crippen molar-refractivity contribution in [1.29, 1.82) is 0 Å². The van der Waals surface area contributed by atoms with Crippen LogP contribution in [-0.2, 0) is 0 Å². The smallest absolute Gasteiger partial charge is 0.114 e. The van der Waals surface area contributed by atoms with E-state index in [2.05, 4.69) is 47.8 Å². The van der Waals surface area contributed by atoms with Crippen LogP contribution in [0.2, 0.25) is 0 Å². The van der Waals surface area contributed by atoms with Crippen LogP contribution >= 0.6 is 59.1 Å². The number of aliphatic hydroxyl groups excluding tert-OH is 1. The number of thiophene rings is 1. The van der Waals surface area contributed by atoms with Gasteiger partial charge in [0.1, 0.15) is 6.10 Å². The monoisotopic (exact) mass is 438 g/mol. The predicted molar refractivity (Wildman–Crippen MR) is 82.7 cm³/mol. The van der Waals surface area contributed by atoms with Gasteiger partial charge >= 0.3 is 0 Å². The maximum absolute atomic E-state index is 10.4. The Labute approximate surface area is 129 Å². The molecule has 17 heavy (non-hydrogen) atoms. The fourth-order valence-electron chi connectivity index (χ4n) is 1.52. The van der Waals surface area contributed by atoms with Crippen LogP contribution in [0, 0.1) is 6.92 Å². The molecule has 0 saturated heterocycles. The standard InChI is InChI=1S/C12H9Br3OS/c1-6-2-3-8(13)7(4-6)11(16)10-5-9(14)12(15)17-10/h2-5,11,16H,1H3. The lowest BCUT2D eigenvalue weighted by Crippen LogP contribution is -1.98. The SMILES string of the molecule is Cc1ccc(Br)c(C(O)c2cc(Br)c(Br)s2)c1. The predicted octanol–water partition coefficient (Wildman–Crippen LogP) is 5.43. The van der Waals surface area contributed by atoms with Crippen molar-refractivity contribution in [2.75, 3.05) is 0 Å². The summed E-state index contributed by atoms with van der Waals surface area (Å²) in [5.41, 5.74) is 2.03. The van der Waals surface area contributed by atoms with Gasteiger partial charge < -0.3 is 5.11 Å². The number of halogens is 3. The zero-order valence-electron chi connectivity index (χ0n) is 8.88. The second-order valence-corrected chi connectivity index (χ2v) is 7.81. The van der Waals surface area contributed by atoms with Crippen LogP contribution in [-0.4, -0.2) is 5.11 Å². The summed E-state index contributed by atoms with van der Waals surface area (Å²) < 4.78 is 2.90. The lowest BCUT2D eigenvalue weighted by molar-refractivity contribution is 0.223. The third kappa shape index (κ3) is 3.01. The highest BCUT2D eigenvalue weighted by molar-refractivity contribution is 9.13. The van der Waals surface area contributed by atoms with Crippen LogP contribution in [0.4, 0.5) is 0 Å². The molecule has 0 fully saturated rings. The van der Waals surface area contributed by atoms with E-state index in [-0.39, 0.29) is 0 Å². The first-order valence-electron chi connectivity index (χ1n) is 4.88. The van der Waals surface area contributed by atoms with E-state index in [9.17, 15) is 5.11 Å². The quantitative estimate of drug-likeness (QED) is 0.660. The average molecular weight is 441 g/mol. The molecule has 2 aromatic rings. The van der Waals surface area contributed by atoms with Crippen LogP contribution in [0.5, 0.6) is 0 Å². The van der Waals surface area contributed by atoms with E-state index in [1.54, 1.807) is 0 Å². The summed E-state index contributed by atoms with van der Waals surface area (Å²) in [5, 5.41) is 10.4. The number of hydrogen-bond donors (Lipinski definition) is 1. The van der Waals surface area contributed by atoms with E-state index in [1.807, 2.05) is 31.2 Å². The molecule has 0 spiro atoms. The Hall–Kier alpha value is 0.320. The Morgan fingerprint density at radius 2 is 1.82 bits per heavy atom. The Balaban J connectivity index is 2.42. The first-order chi connectivity index (χ1) is 7.99. The summed E-state index contributed by atoms with van der Waals surface area (Å²) in [6.07, 6.45) is -0.600. The number of aliphatic hydroxyl groups is 1. The van der Waals surface area contributed by atoms with Crippen LogP contribution in [0.3, 0.4) is 0 Å². The molecule has 5 heteroatoms.